The van der Waals surface area contributed by atoms with Crippen molar-refractivity contribution in [2.45, 2.75) is 26.8 Å². The number of carbonyl (C=O) groups excluding carboxylic acids is 2. The molecule has 0 saturated carbocycles. The molecular formula is C33H31N3O11S. The summed E-state index contributed by atoms with van der Waals surface area (Å²) in [6.45, 7) is 5.14. The Labute approximate surface area is 277 Å². The highest BCUT2D eigenvalue weighted by atomic mass is 32.1. The van der Waals surface area contributed by atoms with Crippen LogP contribution < -0.4 is 29.1 Å². The van der Waals surface area contributed by atoms with E-state index in [9.17, 15) is 24.5 Å². The third kappa shape index (κ3) is 6.71. The molecule has 14 nitrogen and oxygen atoms in total. The Balaban J connectivity index is 1.62. The Morgan fingerprint density at radius 2 is 1.85 bits per heavy atom. The smallest absolute Gasteiger partial charge is 0.343 e. The highest BCUT2D eigenvalue weighted by Crippen LogP contribution is 2.37. The van der Waals surface area contributed by atoms with Crippen molar-refractivity contribution >= 4 is 35.0 Å². The maximum absolute atomic E-state index is 14.1. The Morgan fingerprint density at radius 1 is 1.06 bits per heavy atom. The number of hydrogen-bond donors (Lipinski definition) is 0. The predicted octanol–water partition coefficient (Wildman–Crippen LogP) is 3.93. The van der Waals surface area contributed by atoms with Crippen LogP contribution in [0.1, 0.15) is 38.1 Å². The fraction of sp³-hybridized carbons (Fsp3) is 0.273. The van der Waals surface area contributed by atoms with E-state index in [0.717, 1.165) is 11.3 Å². The summed E-state index contributed by atoms with van der Waals surface area (Å²) in [5.74, 6) is 0.143. The van der Waals surface area contributed by atoms with E-state index >= 15 is 0 Å². The molecule has 0 fully saturated rings. The summed E-state index contributed by atoms with van der Waals surface area (Å²) in [6, 6.07) is 11.5. The summed E-state index contributed by atoms with van der Waals surface area (Å²) >= 11 is 1.09. The van der Waals surface area contributed by atoms with Gasteiger partial charge in [0.15, 0.2) is 22.9 Å². The first-order valence-electron chi connectivity index (χ1n) is 14.7. The number of nitro benzene ring substituents is 1. The molecule has 0 N–H and O–H groups in total. The number of nitrogens with zero attached hydrogens (tertiary/aromatic N) is 3. The van der Waals surface area contributed by atoms with Gasteiger partial charge in [-0.25, -0.2) is 14.6 Å². The molecule has 1 atom stereocenters. The van der Waals surface area contributed by atoms with Gasteiger partial charge in [0.25, 0.3) is 11.2 Å². The van der Waals surface area contributed by atoms with Gasteiger partial charge in [0.05, 0.1) is 65.8 Å². The van der Waals surface area contributed by atoms with E-state index in [1.54, 1.807) is 57.2 Å². The molecule has 3 heterocycles. The second-order valence-corrected chi connectivity index (χ2v) is 11.2. The number of furan rings is 1. The third-order valence-electron chi connectivity index (χ3n) is 7.24. The molecule has 250 valence electrons. The molecule has 0 amide bonds. The van der Waals surface area contributed by atoms with Gasteiger partial charge in [-0.2, -0.15) is 0 Å². The number of allylic oxidation sites excluding steroid dienone is 1. The van der Waals surface area contributed by atoms with Crippen molar-refractivity contribution in [3.05, 3.63) is 101 Å². The highest BCUT2D eigenvalue weighted by molar-refractivity contribution is 7.07. The van der Waals surface area contributed by atoms with Gasteiger partial charge in [0.2, 0.25) is 0 Å². The molecule has 0 radical (unpaired) electrons. The van der Waals surface area contributed by atoms with E-state index in [1.807, 2.05) is 0 Å². The number of rotatable bonds is 12. The van der Waals surface area contributed by atoms with Crippen LogP contribution in [0.3, 0.4) is 0 Å². The van der Waals surface area contributed by atoms with Crippen molar-refractivity contribution < 1.29 is 42.6 Å². The van der Waals surface area contributed by atoms with Gasteiger partial charge in [-0.3, -0.25) is 19.5 Å². The normalized spacial score (nSPS) is 14.2. The molecule has 2 aromatic carbocycles. The maximum atomic E-state index is 14.1. The third-order valence-corrected chi connectivity index (χ3v) is 8.22. The number of fused-ring (bicyclic) bond motifs is 1. The number of ether oxygens (including phenoxy) is 5. The minimum Gasteiger partial charge on any atom is -0.497 e. The minimum atomic E-state index is -0.953. The largest absolute Gasteiger partial charge is 0.497 e. The SMILES string of the molecule is CCOC(=O)C1=C(C)N=c2s/c(=C/c3ccc(-c4ccc(OC)cc4[N+](=O)[O-])o3)c(=O)n2[C@H]1c1ccc(OCC(=O)OC)c(OCC)c1. The summed E-state index contributed by atoms with van der Waals surface area (Å²) in [6.07, 6.45) is 1.51. The van der Waals surface area contributed by atoms with Gasteiger partial charge >= 0.3 is 11.9 Å². The Bertz CT molecular complexity index is 2110. The van der Waals surface area contributed by atoms with Crippen LogP contribution >= 0.6 is 11.3 Å². The fourth-order valence-corrected chi connectivity index (χ4v) is 6.11. The number of benzene rings is 2. The monoisotopic (exact) mass is 677 g/mol. The molecule has 15 heteroatoms. The van der Waals surface area contributed by atoms with Crippen LogP contribution in [-0.4, -0.2) is 55.5 Å². The van der Waals surface area contributed by atoms with Crippen LogP contribution in [0.15, 0.2) is 74.0 Å². The Kier molecular flexibility index (Phi) is 10.1. The quantitative estimate of drug-likeness (QED) is 0.121. The van der Waals surface area contributed by atoms with Gasteiger partial charge in [-0.1, -0.05) is 17.4 Å². The van der Waals surface area contributed by atoms with E-state index in [4.69, 9.17) is 23.4 Å². The molecule has 48 heavy (non-hydrogen) atoms. The predicted molar refractivity (Wildman–Crippen MR) is 173 cm³/mol. The first kappa shape index (κ1) is 33.7. The molecule has 5 rings (SSSR count). The number of thiazole rings is 1. The zero-order valence-electron chi connectivity index (χ0n) is 26.6. The summed E-state index contributed by atoms with van der Waals surface area (Å²) in [7, 11) is 2.66. The van der Waals surface area contributed by atoms with Gasteiger partial charge < -0.3 is 28.1 Å². The topological polar surface area (TPSA) is 171 Å². The van der Waals surface area contributed by atoms with Crippen LogP contribution in [0, 0.1) is 10.1 Å². The molecular weight excluding hydrogens is 646 g/mol. The average molecular weight is 678 g/mol. The van der Waals surface area contributed by atoms with Crippen molar-refractivity contribution in [3.8, 4) is 28.6 Å². The van der Waals surface area contributed by atoms with Crippen molar-refractivity contribution in [3.63, 3.8) is 0 Å². The van der Waals surface area contributed by atoms with E-state index < -0.39 is 28.5 Å². The van der Waals surface area contributed by atoms with Crippen LogP contribution in [0.25, 0.3) is 17.4 Å². The molecule has 0 bridgehead atoms. The van der Waals surface area contributed by atoms with E-state index in [2.05, 4.69) is 9.73 Å². The molecule has 0 unspecified atom stereocenters. The Hall–Kier alpha value is -5.70. The molecule has 0 saturated heterocycles. The highest BCUT2D eigenvalue weighted by Gasteiger charge is 2.34. The van der Waals surface area contributed by atoms with Gasteiger partial charge in [0.1, 0.15) is 17.3 Å². The summed E-state index contributed by atoms with van der Waals surface area (Å²) in [4.78, 5) is 55.2. The number of carbonyl (C=O) groups is 2. The molecule has 1 aliphatic heterocycles. The van der Waals surface area contributed by atoms with Crippen LogP contribution in [0.5, 0.6) is 17.2 Å². The number of aromatic nitrogens is 1. The summed E-state index contributed by atoms with van der Waals surface area (Å²) < 4.78 is 34.1. The number of esters is 2. The lowest BCUT2D eigenvalue weighted by Crippen LogP contribution is -2.40. The average Bonchev–Trinajstić information content (AvgIpc) is 3.66. The van der Waals surface area contributed by atoms with Gasteiger partial charge in [-0.15, -0.1) is 0 Å². The maximum Gasteiger partial charge on any atom is 0.343 e. The van der Waals surface area contributed by atoms with Crippen molar-refractivity contribution in [1.82, 2.24) is 4.57 Å². The molecule has 0 spiro atoms. The van der Waals surface area contributed by atoms with Crippen LogP contribution in [0.4, 0.5) is 5.69 Å². The summed E-state index contributed by atoms with van der Waals surface area (Å²) in [5.41, 5.74) is 0.595. The minimum absolute atomic E-state index is 0.102. The standard InChI is InChI=1S/C33H31N3O11S/c1-6-44-26-14-19(8-12-25(26)46-17-28(37)43-5)30-29(32(39)45-7-2)18(3)34-33-35(30)31(38)27(48-33)16-21-10-13-24(47-21)22-11-9-20(42-4)15-23(22)36(40)41/h8-16,30H,6-7,17H2,1-5H3/b27-16+/t30-/m0/s1. The molecule has 0 aliphatic carbocycles. The number of nitro groups is 1. The fourth-order valence-electron chi connectivity index (χ4n) is 5.09. The van der Waals surface area contributed by atoms with Crippen molar-refractivity contribution in [2.75, 3.05) is 34.0 Å². The molecule has 2 aromatic heterocycles. The molecule has 4 aromatic rings. The Morgan fingerprint density at radius 3 is 2.54 bits per heavy atom. The number of hydrogen-bond acceptors (Lipinski definition) is 13. The van der Waals surface area contributed by atoms with E-state index in [-0.39, 0.29) is 64.2 Å². The lowest BCUT2D eigenvalue weighted by atomic mass is 9.95. The van der Waals surface area contributed by atoms with E-state index in [1.165, 1.54) is 37.0 Å². The zero-order chi connectivity index (χ0) is 34.5. The lowest BCUT2D eigenvalue weighted by Gasteiger charge is -2.25. The second-order valence-electron chi connectivity index (χ2n) is 10.1. The summed E-state index contributed by atoms with van der Waals surface area (Å²) in [5, 5.41) is 11.7. The number of methoxy groups -OCH3 is 2. The van der Waals surface area contributed by atoms with E-state index in [0.29, 0.717) is 21.8 Å². The lowest BCUT2D eigenvalue weighted by molar-refractivity contribution is -0.384. The van der Waals surface area contributed by atoms with Crippen LogP contribution in [-0.2, 0) is 19.1 Å². The zero-order valence-corrected chi connectivity index (χ0v) is 27.5. The van der Waals surface area contributed by atoms with Crippen molar-refractivity contribution in [2.24, 2.45) is 4.99 Å². The molecule has 1 aliphatic rings. The van der Waals surface area contributed by atoms with Gasteiger partial charge in [0, 0.05) is 6.08 Å². The van der Waals surface area contributed by atoms with Gasteiger partial charge in [-0.05, 0) is 62.7 Å². The second kappa shape index (κ2) is 14.4. The van der Waals surface area contributed by atoms with Crippen molar-refractivity contribution in [1.29, 1.82) is 0 Å². The first-order valence-corrected chi connectivity index (χ1v) is 15.5. The first-order chi connectivity index (χ1) is 23.1. The van der Waals surface area contributed by atoms with Crippen LogP contribution in [0.2, 0.25) is 0 Å².